The number of carbonyl (C=O) groups excluding carboxylic acids is 1. The number of hydrogen-bond acceptors (Lipinski definition) is 2. The maximum atomic E-state index is 11.9. The second-order valence-electron chi connectivity index (χ2n) is 5.31. The third-order valence-corrected chi connectivity index (χ3v) is 4.01. The molecule has 4 heteroatoms. The Balaban J connectivity index is 1.70. The number of likely N-dealkylation sites (tertiary alicyclic amines) is 1. The smallest absolute Gasteiger partial charge is 0.222 e. The number of aromatic nitrogens is 1. The molecule has 0 saturated carbocycles. The number of nitrogens with one attached hydrogen (secondary N) is 1. The molecule has 1 fully saturated rings. The normalized spacial score (nSPS) is 19.2. The maximum absolute atomic E-state index is 11.9. The Morgan fingerprint density at radius 2 is 2.25 bits per heavy atom. The van der Waals surface area contributed by atoms with Crippen molar-refractivity contribution in [1.29, 1.82) is 5.26 Å². The van der Waals surface area contributed by atoms with Gasteiger partial charge in [0.15, 0.2) is 0 Å². The van der Waals surface area contributed by atoms with Gasteiger partial charge in [0, 0.05) is 36.6 Å². The van der Waals surface area contributed by atoms with E-state index in [2.05, 4.69) is 23.2 Å². The van der Waals surface area contributed by atoms with E-state index in [4.69, 9.17) is 5.26 Å². The first kappa shape index (κ1) is 12.7. The van der Waals surface area contributed by atoms with Crippen LogP contribution in [-0.4, -0.2) is 28.9 Å². The quantitative estimate of drug-likeness (QED) is 0.928. The minimum atomic E-state index is -0.00401. The van der Waals surface area contributed by atoms with Crippen LogP contribution in [0.2, 0.25) is 0 Å². The van der Waals surface area contributed by atoms with E-state index in [0.29, 0.717) is 25.9 Å². The highest BCUT2D eigenvalue weighted by atomic mass is 16.2. The van der Waals surface area contributed by atoms with Crippen LogP contribution in [0.5, 0.6) is 0 Å². The van der Waals surface area contributed by atoms with Crippen molar-refractivity contribution in [2.45, 2.75) is 19.3 Å². The number of amides is 1. The third-order valence-electron chi connectivity index (χ3n) is 4.01. The molecule has 1 N–H and O–H groups in total. The number of H-pyrrole nitrogens is 1. The lowest BCUT2D eigenvalue weighted by Crippen LogP contribution is -2.40. The van der Waals surface area contributed by atoms with Gasteiger partial charge in [-0.05, 0) is 24.5 Å². The first-order chi connectivity index (χ1) is 9.78. The van der Waals surface area contributed by atoms with Crippen molar-refractivity contribution in [2.24, 2.45) is 5.92 Å². The molecule has 1 aromatic heterocycles. The molecule has 0 spiro atoms. The molecule has 0 radical (unpaired) electrons. The van der Waals surface area contributed by atoms with Crippen LogP contribution in [0.15, 0.2) is 30.5 Å². The topological polar surface area (TPSA) is 59.9 Å². The number of aromatic amines is 1. The monoisotopic (exact) mass is 267 g/mol. The maximum Gasteiger partial charge on any atom is 0.222 e. The van der Waals surface area contributed by atoms with Crippen molar-refractivity contribution in [3.05, 3.63) is 36.0 Å². The number of para-hydroxylation sites is 1. The largest absolute Gasteiger partial charge is 0.361 e. The van der Waals surface area contributed by atoms with Gasteiger partial charge in [0.1, 0.15) is 0 Å². The zero-order valence-corrected chi connectivity index (χ0v) is 11.3. The lowest BCUT2D eigenvalue weighted by Gasteiger charge is -2.29. The summed E-state index contributed by atoms with van der Waals surface area (Å²) in [5.74, 6) is 0.173. The molecule has 4 nitrogen and oxygen atoms in total. The first-order valence-electron chi connectivity index (χ1n) is 7.00. The van der Waals surface area contributed by atoms with E-state index in [-0.39, 0.29) is 11.8 Å². The van der Waals surface area contributed by atoms with Crippen LogP contribution in [0.3, 0.4) is 0 Å². The van der Waals surface area contributed by atoms with Crippen molar-refractivity contribution in [3.63, 3.8) is 0 Å². The Morgan fingerprint density at radius 3 is 3.10 bits per heavy atom. The predicted molar refractivity (Wildman–Crippen MR) is 76.9 cm³/mol. The number of benzene rings is 1. The van der Waals surface area contributed by atoms with Crippen LogP contribution in [0, 0.1) is 17.2 Å². The number of hydrogen-bond donors (Lipinski definition) is 1. The number of carbonyl (C=O) groups is 1. The van der Waals surface area contributed by atoms with Gasteiger partial charge in [0.25, 0.3) is 0 Å². The highest BCUT2D eigenvalue weighted by molar-refractivity contribution is 5.83. The molecule has 1 atom stereocenters. The Kier molecular flexibility index (Phi) is 3.42. The van der Waals surface area contributed by atoms with Crippen LogP contribution in [0.25, 0.3) is 10.9 Å². The van der Waals surface area contributed by atoms with Crippen molar-refractivity contribution in [2.75, 3.05) is 13.1 Å². The minimum absolute atomic E-state index is 0.00401. The Hall–Kier alpha value is -2.28. The van der Waals surface area contributed by atoms with Gasteiger partial charge in [-0.1, -0.05) is 18.2 Å². The minimum Gasteiger partial charge on any atom is -0.361 e. The zero-order valence-electron chi connectivity index (χ0n) is 11.3. The molecule has 0 aliphatic carbocycles. The van der Waals surface area contributed by atoms with E-state index < -0.39 is 0 Å². The van der Waals surface area contributed by atoms with Gasteiger partial charge in [-0.3, -0.25) is 4.79 Å². The molecule has 1 unspecified atom stereocenters. The van der Waals surface area contributed by atoms with Gasteiger partial charge < -0.3 is 9.88 Å². The number of piperidine rings is 1. The summed E-state index contributed by atoms with van der Waals surface area (Å²) in [5.41, 5.74) is 2.36. The molecule has 1 aromatic carbocycles. The van der Waals surface area contributed by atoms with E-state index in [1.165, 1.54) is 10.9 Å². The van der Waals surface area contributed by atoms with E-state index in [1.54, 1.807) is 0 Å². The highest BCUT2D eigenvalue weighted by Gasteiger charge is 2.25. The van der Waals surface area contributed by atoms with E-state index >= 15 is 0 Å². The molecular formula is C16H17N3O. The molecule has 2 heterocycles. The lowest BCUT2D eigenvalue weighted by atomic mass is 9.98. The summed E-state index contributed by atoms with van der Waals surface area (Å²) in [4.78, 5) is 17.0. The molecule has 1 amide bonds. The van der Waals surface area contributed by atoms with Gasteiger partial charge in [0.05, 0.1) is 12.0 Å². The fraction of sp³-hybridized carbons (Fsp3) is 0.375. The average molecular weight is 267 g/mol. The summed E-state index contributed by atoms with van der Waals surface area (Å²) >= 11 is 0. The van der Waals surface area contributed by atoms with Crippen molar-refractivity contribution < 1.29 is 4.79 Å². The van der Waals surface area contributed by atoms with Crippen molar-refractivity contribution in [1.82, 2.24) is 9.88 Å². The molecule has 1 aliphatic heterocycles. The van der Waals surface area contributed by atoms with E-state index in [0.717, 1.165) is 11.9 Å². The zero-order chi connectivity index (χ0) is 13.9. The Bertz CT molecular complexity index is 668. The molecule has 20 heavy (non-hydrogen) atoms. The Labute approximate surface area is 118 Å². The SMILES string of the molecule is N#CC1CCC(=O)N(CCc2c[nH]c3ccccc23)C1. The summed E-state index contributed by atoms with van der Waals surface area (Å²) in [6.07, 6.45) is 4.06. The lowest BCUT2D eigenvalue weighted by molar-refractivity contribution is -0.134. The second kappa shape index (κ2) is 5.38. The van der Waals surface area contributed by atoms with E-state index in [9.17, 15) is 4.79 Å². The van der Waals surface area contributed by atoms with Crippen LogP contribution in [-0.2, 0) is 11.2 Å². The average Bonchev–Trinajstić information content (AvgIpc) is 2.90. The summed E-state index contributed by atoms with van der Waals surface area (Å²) < 4.78 is 0. The molecule has 0 bridgehead atoms. The molecule has 1 aliphatic rings. The second-order valence-corrected chi connectivity index (χ2v) is 5.31. The molecular weight excluding hydrogens is 250 g/mol. The summed E-state index contributed by atoms with van der Waals surface area (Å²) in [7, 11) is 0. The first-order valence-corrected chi connectivity index (χ1v) is 7.00. The highest BCUT2D eigenvalue weighted by Crippen LogP contribution is 2.20. The van der Waals surface area contributed by atoms with Gasteiger partial charge in [0.2, 0.25) is 5.91 Å². The summed E-state index contributed by atoms with van der Waals surface area (Å²) in [5, 5.41) is 10.2. The van der Waals surface area contributed by atoms with Gasteiger partial charge >= 0.3 is 0 Å². The summed E-state index contributed by atoms with van der Waals surface area (Å²) in [6, 6.07) is 10.5. The van der Waals surface area contributed by atoms with Gasteiger partial charge in [-0.2, -0.15) is 5.26 Å². The number of nitriles is 1. The van der Waals surface area contributed by atoms with Crippen molar-refractivity contribution >= 4 is 16.8 Å². The summed E-state index contributed by atoms with van der Waals surface area (Å²) in [6.45, 7) is 1.27. The van der Waals surface area contributed by atoms with Gasteiger partial charge in [-0.15, -0.1) is 0 Å². The third kappa shape index (κ3) is 2.39. The van der Waals surface area contributed by atoms with Gasteiger partial charge in [-0.25, -0.2) is 0 Å². The van der Waals surface area contributed by atoms with Crippen LogP contribution in [0.4, 0.5) is 0 Å². The fourth-order valence-electron chi connectivity index (χ4n) is 2.83. The van der Waals surface area contributed by atoms with Crippen LogP contribution >= 0.6 is 0 Å². The fourth-order valence-corrected chi connectivity index (χ4v) is 2.83. The van der Waals surface area contributed by atoms with Crippen molar-refractivity contribution in [3.8, 4) is 6.07 Å². The van der Waals surface area contributed by atoms with E-state index in [1.807, 2.05) is 23.2 Å². The molecule has 2 aromatic rings. The molecule has 1 saturated heterocycles. The predicted octanol–water partition coefficient (Wildman–Crippen LogP) is 2.47. The van der Waals surface area contributed by atoms with Crippen LogP contribution in [0.1, 0.15) is 18.4 Å². The van der Waals surface area contributed by atoms with Crippen LogP contribution < -0.4 is 0 Å². The number of nitrogens with zero attached hydrogens (tertiary/aromatic N) is 2. The molecule has 3 rings (SSSR count). The standard InChI is InChI=1S/C16H17N3O/c17-9-12-5-6-16(20)19(11-12)8-7-13-10-18-15-4-2-1-3-14(13)15/h1-4,10,12,18H,5-8,11H2. The Morgan fingerprint density at radius 1 is 1.40 bits per heavy atom. The number of rotatable bonds is 3. The number of fused-ring (bicyclic) bond motifs is 1. The molecule has 102 valence electrons.